The quantitative estimate of drug-likeness (QED) is 0.273. The highest BCUT2D eigenvalue weighted by atomic mass is 32.1. The van der Waals surface area contributed by atoms with Crippen LogP contribution in [-0.2, 0) is 4.79 Å². The summed E-state index contributed by atoms with van der Waals surface area (Å²) in [6.45, 7) is 0. The first-order chi connectivity index (χ1) is 17.7. The number of nitrogens with zero attached hydrogens (tertiary/aromatic N) is 4. The number of anilines is 1. The second-order valence-corrected chi connectivity index (χ2v) is 10.0. The van der Waals surface area contributed by atoms with E-state index in [4.69, 9.17) is 0 Å². The third-order valence-electron chi connectivity index (χ3n) is 6.81. The third-order valence-corrected chi connectivity index (χ3v) is 7.71. The van der Waals surface area contributed by atoms with Gasteiger partial charge in [0.05, 0.1) is 17.6 Å². The Labute approximate surface area is 209 Å². The van der Waals surface area contributed by atoms with Gasteiger partial charge in [-0.3, -0.25) is 14.9 Å². The van der Waals surface area contributed by atoms with E-state index in [0.717, 1.165) is 63.8 Å². The smallest absolute Gasteiger partial charge is 0.227 e. The minimum absolute atomic E-state index is 0.0697. The topological polar surface area (TPSA) is 112 Å². The molecule has 8 nitrogen and oxygen atoms in total. The minimum Gasteiger partial charge on any atom is -0.338 e. The zero-order valence-corrected chi connectivity index (χ0v) is 20.0. The molecule has 0 saturated heterocycles. The zero-order valence-electron chi connectivity index (χ0n) is 19.2. The van der Waals surface area contributed by atoms with Crippen LogP contribution in [0, 0.1) is 5.92 Å². The van der Waals surface area contributed by atoms with Crippen LogP contribution in [0.2, 0.25) is 0 Å². The lowest BCUT2D eigenvalue weighted by Gasteiger charge is -2.24. The Kier molecular flexibility index (Phi) is 4.88. The van der Waals surface area contributed by atoms with Gasteiger partial charge in [-0.2, -0.15) is 5.10 Å². The molecule has 0 aromatic carbocycles. The summed E-state index contributed by atoms with van der Waals surface area (Å²) < 4.78 is 0. The van der Waals surface area contributed by atoms with Crippen LogP contribution < -0.4 is 5.32 Å². The number of aromatic amines is 2. The maximum absolute atomic E-state index is 12.4. The molecule has 0 unspecified atom stereocenters. The zero-order chi connectivity index (χ0) is 24.1. The predicted molar refractivity (Wildman–Crippen MR) is 141 cm³/mol. The summed E-state index contributed by atoms with van der Waals surface area (Å²) in [5.41, 5.74) is 6.76. The molecule has 0 bridgehead atoms. The Morgan fingerprint density at radius 2 is 1.92 bits per heavy atom. The number of thiophene rings is 1. The standard InChI is InChI=1S/C27H21N7OS/c35-27(15-3-1-4-15)31-18-9-16(12-28-14-18)17-10-21-24(33-34-26(21)30-13-17)22-11-20-19(23-5-2-8-36-23)6-7-29-25(20)32-22/h2,5-15H,1,3-4H2,(H,29,32)(H,31,35)(H,30,33,34). The van der Waals surface area contributed by atoms with Gasteiger partial charge in [0, 0.05) is 56.8 Å². The average molecular weight is 492 g/mol. The highest BCUT2D eigenvalue weighted by Crippen LogP contribution is 2.35. The van der Waals surface area contributed by atoms with Gasteiger partial charge < -0.3 is 10.3 Å². The SMILES string of the molecule is O=C(Nc1cncc(-c2cnc3[nH]nc(-c4cc5c(-c6cccs6)ccnc5[nH]4)c3c2)c1)C1CCC1. The van der Waals surface area contributed by atoms with Gasteiger partial charge in [0.1, 0.15) is 11.3 Å². The second-order valence-electron chi connectivity index (χ2n) is 9.05. The number of H-pyrrole nitrogens is 2. The Morgan fingerprint density at radius 3 is 2.75 bits per heavy atom. The normalized spacial score (nSPS) is 13.8. The van der Waals surface area contributed by atoms with Crippen molar-refractivity contribution in [3.05, 3.63) is 66.6 Å². The minimum atomic E-state index is 0.0697. The van der Waals surface area contributed by atoms with Crippen molar-refractivity contribution in [3.8, 4) is 33.0 Å². The molecular weight excluding hydrogens is 470 g/mol. The molecule has 1 aliphatic rings. The number of nitrogens with one attached hydrogen (secondary N) is 3. The molecule has 176 valence electrons. The van der Waals surface area contributed by atoms with E-state index in [2.05, 4.69) is 65.1 Å². The molecule has 7 rings (SSSR count). The Hall–Kier alpha value is -4.37. The third kappa shape index (κ3) is 3.56. The Bertz CT molecular complexity index is 1730. The number of fused-ring (bicyclic) bond motifs is 2. The number of amides is 1. The van der Waals surface area contributed by atoms with Gasteiger partial charge >= 0.3 is 0 Å². The summed E-state index contributed by atoms with van der Waals surface area (Å²) in [5, 5.41) is 14.6. The fourth-order valence-electron chi connectivity index (χ4n) is 4.65. The van der Waals surface area contributed by atoms with E-state index < -0.39 is 0 Å². The van der Waals surface area contributed by atoms with Crippen LogP contribution in [0.25, 0.3) is 55.0 Å². The lowest BCUT2D eigenvalue weighted by molar-refractivity contribution is -0.122. The first kappa shape index (κ1) is 21.0. The molecule has 36 heavy (non-hydrogen) atoms. The maximum atomic E-state index is 12.4. The van der Waals surface area contributed by atoms with Crippen molar-refractivity contribution < 1.29 is 4.79 Å². The number of carbonyl (C=O) groups excluding carboxylic acids is 1. The molecule has 1 aliphatic carbocycles. The molecule has 6 aromatic rings. The molecular formula is C27H21N7OS. The van der Waals surface area contributed by atoms with Crippen molar-refractivity contribution in [2.45, 2.75) is 19.3 Å². The number of aromatic nitrogens is 6. The van der Waals surface area contributed by atoms with Crippen molar-refractivity contribution in [2.75, 3.05) is 5.32 Å². The summed E-state index contributed by atoms with van der Waals surface area (Å²) in [7, 11) is 0. The largest absolute Gasteiger partial charge is 0.338 e. The predicted octanol–water partition coefficient (Wildman–Crippen LogP) is 6.03. The number of pyridine rings is 3. The molecule has 3 N–H and O–H groups in total. The summed E-state index contributed by atoms with van der Waals surface area (Å²) >= 11 is 1.70. The molecule has 6 aromatic heterocycles. The highest BCUT2D eigenvalue weighted by molar-refractivity contribution is 7.13. The van der Waals surface area contributed by atoms with E-state index in [9.17, 15) is 4.79 Å². The van der Waals surface area contributed by atoms with Crippen LogP contribution in [0.3, 0.4) is 0 Å². The van der Waals surface area contributed by atoms with Crippen molar-refractivity contribution in [3.63, 3.8) is 0 Å². The second kappa shape index (κ2) is 8.39. The van der Waals surface area contributed by atoms with Crippen molar-refractivity contribution in [1.29, 1.82) is 0 Å². The highest BCUT2D eigenvalue weighted by Gasteiger charge is 2.25. The summed E-state index contributed by atoms with van der Waals surface area (Å²) in [4.78, 5) is 30.5. The van der Waals surface area contributed by atoms with Crippen molar-refractivity contribution in [1.82, 2.24) is 30.1 Å². The number of hydrogen-bond acceptors (Lipinski definition) is 6. The number of rotatable bonds is 5. The van der Waals surface area contributed by atoms with Crippen LogP contribution in [0.5, 0.6) is 0 Å². The number of carbonyl (C=O) groups is 1. The molecule has 1 saturated carbocycles. The molecule has 1 fully saturated rings. The number of hydrogen-bond donors (Lipinski definition) is 3. The fraction of sp³-hybridized carbons (Fsp3) is 0.148. The maximum Gasteiger partial charge on any atom is 0.227 e. The Morgan fingerprint density at radius 1 is 1.00 bits per heavy atom. The first-order valence-electron chi connectivity index (χ1n) is 11.9. The summed E-state index contributed by atoms with van der Waals surface area (Å²) in [6, 6.07) is 12.3. The van der Waals surface area contributed by atoms with Gasteiger partial charge in [-0.25, -0.2) is 9.97 Å². The molecule has 0 atom stereocenters. The molecule has 0 radical (unpaired) electrons. The molecule has 1 amide bonds. The summed E-state index contributed by atoms with van der Waals surface area (Å²) in [6.07, 6.45) is 10.1. The Balaban J connectivity index is 1.26. The molecule has 9 heteroatoms. The van der Waals surface area contributed by atoms with Gasteiger partial charge in [-0.05, 0) is 48.6 Å². The van der Waals surface area contributed by atoms with E-state index in [1.807, 2.05) is 18.3 Å². The average Bonchev–Trinajstić information content (AvgIpc) is 3.61. The van der Waals surface area contributed by atoms with E-state index in [-0.39, 0.29) is 11.8 Å². The first-order valence-corrected chi connectivity index (χ1v) is 12.7. The van der Waals surface area contributed by atoms with Gasteiger partial charge in [0.2, 0.25) is 5.91 Å². The van der Waals surface area contributed by atoms with Crippen molar-refractivity contribution >= 4 is 45.0 Å². The van der Waals surface area contributed by atoms with E-state index >= 15 is 0 Å². The molecule has 0 spiro atoms. The monoisotopic (exact) mass is 491 g/mol. The lowest BCUT2D eigenvalue weighted by atomic mass is 9.85. The lowest BCUT2D eigenvalue weighted by Crippen LogP contribution is -2.28. The molecule has 0 aliphatic heterocycles. The van der Waals surface area contributed by atoms with E-state index in [1.54, 1.807) is 29.9 Å². The van der Waals surface area contributed by atoms with Crippen molar-refractivity contribution in [2.24, 2.45) is 5.92 Å². The van der Waals surface area contributed by atoms with Crippen LogP contribution >= 0.6 is 11.3 Å². The van der Waals surface area contributed by atoms with Crippen LogP contribution in [0.1, 0.15) is 19.3 Å². The van der Waals surface area contributed by atoms with Crippen LogP contribution in [0.4, 0.5) is 5.69 Å². The fourth-order valence-corrected chi connectivity index (χ4v) is 5.41. The van der Waals surface area contributed by atoms with Gasteiger partial charge in [0.15, 0.2) is 5.65 Å². The summed E-state index contributed by atoms with van der Waals surface area (Å²) in [5.74, 6) is 0.187. The van der Waals surface area contributed by atoms with E-state index in [0.29, 0.717) is 11.3 Å². The van der Waals surface area contributed by atoms with Gasteiger partial charge in [-0.1, -0.05) is 12.5 Å². The van der Waals surface area contributed by atoms with Crippen LogP contribution in [0.15, 0.2) is 66.6 Å². The molecule has 6 heterocycles. The van der Waals surface area contributed by atoms with Gasteiger partial charge in [-0.15, -0.1) is 11.3 Å². The van der Waals surface area contributed by atoms with Crippen LogP contribution in [-0.4, -0.2) is 36.0 Å². The van der Waals surface area contributed by atoms with E-state index in [1.165, 1.54) is 4.88 Å². The van der Waals surface area contributed by atoms with Gasteiger partial charge in [0.25, 0.3) is 0 Å².